The molecule has 0 radical (unpaired) electrons. The van der Waals surface area contributed by atoms with E-state index in [-0.39, 0.29) is 65.1 Å². The fourth-order valence-corrected chi connectivity index (χ4v) is 5.12. The second-order valence-electron chi connectivity index (χ2n) is 9.60. The number of aliphatic carboxylic acids is 1. The van der Waals surface area contributed by atoms with Crippen LogP contribution in [-0.4, -0.2) is 62.8 Å². The van der Waals surface area contributed by atoms with Crippen molar-refractivity contribution in [1.82, 2.24) is 19.5 Å². The molecule has 4 aromatic rings. The van der Waals surface area contributed by atoms with Crippen LogP contribution in [-0.2, 0) is 4.79 Å². The maximum absolute atomic E-state index is 14.8. The monoisotopic (exact) mass is 593 g/mol. The summed E-state index contributed by atoms with van der Waals surface area (Å²) in [6, 6.07) is 8.05. The predicted octanol–water partition coefficient (Wildman–Crippen LogP) is 5.65. The number of amides is 1. The first-order valence-electron chi connectivity index (χ1n) is 12.3. The number of para-hydroxylation sites is 1. The fraction of sp³-hybridized carbons (Fsp3) is 0.259. The Kier molecular flexibility index (Phi) is 7.56. The molecule has 1 aliphatic heterocycles. The number of likely N-dealkylation sites (tertiary alicyclic amines) is 1. The minimum atomic E-state index is -1.67. The third-order valence-electron chi connectivity index (χ3n) is 6.92. The number of rotatable bonds is 6. The van der Waals surface area contributed by atoms with Gasteiger partial charge in [-0.3, -0.25) is 9.59 Å². The number of piperidine rings is 1. The molecule has 2 aromatic carbocycles. The van der Waals surface area contributed by atoms with Crippen molar-refractivity contribution >= 4 is 40.6 Å². The molecule has 1 N–H and O–H groups in total. The number of anilines is 2. The molecule has 8 nitrogen and oxygen atoms in total. The molecule has 0 unspecified atom stereocenters. The highest BCUT2D eigenvalue weighted by Gasteiger charge is 2.34. The van der Waals surface area contributed by atoms with E-state index in [2.05, 4.69) is 10.1 Å². The van der Waals surface area contributed by atoms with E-state index in [1.807, 2.05) is 0 Å². The summed E-state index contributed by atoms with van der Waals surface area (Å²) in [5, 5.41) is 13.3. The molecule has 0 aliphatic carbocycles. The normalized spacial score (nSPS) is 17.2. The zero-order chi connectivity index (χ0) is 29.6. The van der Waals surface area contributed by atoms with Crippen LogP contribution in [0, 0.1) is 29.2 Å². The van der Waals surface area contributed by atoms with E-state index in [9.17, 15) is 31.5 Å². The van der Waals surface area contributed by atoms with Crippen LogP contribution < -0.4 is 4.90 Å². The first-order chi connectivity index (χ1) is 19.4. The Labute approximate surface area is 234 Å². The molecule has 214 valence electrons. The van der Waals surface area contributed by atoms with E-state index in [0.717, 1.165) is 12.1 Å². The van der Waals surface area contributed by atoms with E-state index in [0.29, 0.717) is 0 Å². The molecule has 0 bridgehead atoms. The molecule has 1 fully saturated rings. The van der Waals surface area contributed by atoms with Crippen LogP contribution in [0.4, 0.5) is 33.5 Å². The fourth-order valence-electron chi connectivity index (χ4n) is 4.83. The number of hydrogen-bond donors (Lipinski definition) is 1. The lowest BCUT2D eigenvalue weighted by Crippen LogP contribution is -2.45. The number of alkyl halides is 1. The summed E-state index contributed by atoms with van der Waals surface area (Å²) in [5.74, 6) is -7.73. The minimum Gasteiger partial charge on any atom is -0.481 e. The zero-order valence-corrected chi connectivity index (χ0v) is 22.0. The smallest absolute Gasteiger partial charge is 0.303 e. The van der Waals surface area contributed by atoms with Gasteiger partial charge in [0, 0.05) is 37.2 Å². The number of fused-ring (bicyclic) bond motifs is 1. The van der Waals surface area contributed by atoms with Crippen LogP contribution >= 0.6 is 11.6 Å². The highest BCUT2D eigenvalue weighted by atomic mass is 35.5. The van der Waals surface area contributed by atoms with Gasteiger partial charge in [-0.2, -0.15) is 9.61 Å². The number of carboxylic acids is 1. The minimum absolute atomic E-state index is 0.00265. The van der Waals surface area contributed by atoms with Gasteiger partial charge >= 0.3 is 5.97 Å². The van der Waals surface area contributed by atoms with Crippen LogP contribution in [0.25, 0.3) is 16.9 Å². The van der Waals surface area contributed by atoms with Crippen molar-refractivity contribution in [2.45, 2.75) is 19.0 Å². The number of hydrogen-bond acceptors (Lipinski definition) is 5. The van der Waals surface area contributed by atoms with Gasteiger partial charge in [0.2, 0.25) is 0 Å². The molecule has 5 rings (SSSR count). The van der Waals surface area contributed by atoms with Gasteiger partial charge in [0.25, 0.3) is 5.91 Å². The molecule has 0 saturated carbocycles. The predicted molar refractivity (Wildman–Crippen MR) is 139 cm³/mol. The third kappa shape index (κ3) is 5.41. The van der Waals surface area contributed by atoms with E-state index >= 15 is 0 Å². The second-order valence-corrected chi connectivity index (χ2v) is 10.0. The van der Waals surface area contributed by atoms with Crippen LogP contribution in [0.1, 0.15) is 23.3 Å². The summed E-state index contributed by atoms with van der Waals surface area (Å²) in [4.78, 5) is 31.1. The van der Waals surface area contributed by atoms with E-state index in [4.69, 9.17) is 16.7 Å². The Bertz CT molecular complexity index is 1640. The van der Waals surface area contributed by atoms with Gasteiger partial charge in [-0.15, -0.1) is 0 Å². The number of aromatic nitrogens is 3. The van der Waals surface area contributed by atoms with Gasteiger partial charge in [-0.1, -0.05) is 17.7 Å². The van der Waals surface area contributed by atoms with E-state index < -0.39 is 47.2 Å². The largest absolute Gasteiger partial charge is 0.481 e. The number of carbonyl (C=O) groups is 2. The lowest BCUT2D eigenvalue weighted by atomic mass is 9.91. The van der Waals surface area contributed by atoms with Crippen molar-refractivity contribution in [2.24, 2.45) is 5.92 Å². The van der Waals surface area contributed by atoms with Crippen LogP contribution in [0.2, 0.25) is 5.02 Å². The number of carboxylic acid groups (broad SMARTS) is 1. The second kappa shape index (κ2) is 11.0. The molecule has 3 heterocycles. The zero-order valence-electron chi connectivity index (χ0n) is 21.3. The van der Waals surface area contributed by atoms with Gasteiger partial charge in [-0.25, -0.2) is 26.9 Å². The lowest BCUT2D eigenvalue weighted by molar-refractivity contribution is -0.139. The SMILES string of the molecule is CN(c1c(F)cccc1Cl)c1cc(-c2cc(F)c(F)c(F)c2)nc2cc(C(=O)N3CC[C@@H](CC(=O)O)[C@@H](F)C3)nn12. The van der Waals surface area contributed by atoms with E-state index in [1.165, 1.54) is 51.7 Å². The molecule has 14 heteroatoms. The molecule has 0 spiro atoms. The summed E-state index contributed by atoms with van der Waals surface area (Å²) in [6.07, 6.45) is -1.78. The maximum Gasteiger partial charge on any atom is 0.303 e. The molecule has 2 aromatic heterocycles. The van der Waals surface area contributed by atoms with Crippen molar-refractivity contribution < 1.29 is 36.6 Å². The van der Waals surface area contributed by atoms with Crippen LogP contribution in [0.5, 0.6) is 0 Å². The number of benzene rings is 2. The Morgan fingerprint density at radius 1 is 1.10 bits per heavy atom. The average molecular weight is 594 g/mol. The quantitative estimate of drug-likeness (QED) is 0.230. The molecule has 1 amide bonds. The summed E-state index contributed by atoms with van der Waals surface area (Å²) < 4.78 is 72.4. The number of carbonyl (C=O) groups excluding carboxylic acids is 1. The van der Waals surface area contributed by atoms with Crippen molar-refractivity contribution in [2.75, 3.05) is 25.0 Å². The van der Waals surface area contributed by atoms with Gasteiger partial charge in [0.1, 0.15) is 17.8 Å². The van der Waals surface area contributed by atoms with Crippen molar-refractivity contribution in [3.05, 3.63) is 76.5 Å². The standard InChI is InChI=1S/C27H21ClF5N5O3/c1-36(26-15(28)3-2-4-16(26)29)23-11-20(14-7-17(30)25(33)18(31)8-14)34-22-10-21(35-38(22)23)27(41)37-6-5-13(9-24(39)40)19(32)12-37/h2-4,7-8,10-11,13,19H,5-6,9,12H2,1H3,(H,39,40)/t13-,19-/m0/s1. The summed E-state index contributed by atoms with van der Waals surface area (Å²) in [6.45, 7) is -0.245. The highest BCUT2D eigenvalue weighted by Crippen LogP contribution is 2.35. The third-order valence-corrected chi connectivity index (χ3v) is 7.23. The van der Waals surface area contributed by atoms with Gasteiger partial charge in [-0.05, 0) is 30.7 Å². The summed E-state index contributed by atoms with van der Waals surface area (Å²) >= 11 is 6.25. The topological polar surface area (TPSA) is 91.0 Å². The van der Waals surface area contributed by atoms with E-state index in [1.54, 1.807) is 0 Å². The first-order valence-corrected chi connectivity index (χ1v) is 12.7. The summed E-state index contributed by atoms with van der Waals surface area (Å²) in [7, 11) is 1.44. The average Bonchev–Trinajstić information content (AvgIpc) is 3.35. The Balaban J connectivity index is 1.60. The highest BCUT2D eigenvalue weighted by molar-refractivity contribution is 6.33. The molecule has 1 saturated heterocycles. The summed E-state index contributed by atoms with van der Waals surface area (Å²) in [5.41, 5.74) is -0.435. The molecule has 2 atom stereocenters. The van der Waals surface area contributed by atoms with Gasteiger partial charge in [0.05, 0.1) is 29.4 Å². The van der Waals surface area contributed by atoms with Crippen molar-refractivity contribution in [3.8, 4) is 11.3 Å². The maximum atomic E-state index is 14.8. The number of halogens is 6. The Hall–Kier alpha value is -4.26. The molecule has 1 aliphatic rings. The first kappa shape index (κ1) is 28.3. The molecular weight excluding hydrogens is 573 g/mol. The van der Waals surface area contributed by atoms with Crippen LogP contribution in [0.3, 0.4) is 0 Å². The van der Waals surface area contributed by atoms with Crippen molar-refractivity contribution in [1.29, 1.82) is 0 Å². The molecular formula is C27H21ClF5N5O3. The molecule has 41 heavy (non-hydrogen) atoms. The lowest BCUT2D eigenvalue weighted by Gasteiger charge is -2.33. The Morgan fingerprint density at radius 2 is 1.80 bits per heavy atom. The van der Waals surface area contributed by atoms with Crippen molar-refractivity contribution in [3.63, 3.8) is 0 Å². The number of nitrogens with zero attached hydrogens (tertiary/aromatic N) is 5. The van der Waals surface area contributed by atoms with Gasteiger partial charge < -0.3 is 14.9 Å². The van der Waals surface area contributed by atoms with Gasteiger partial charge in [0.15, 0.2) is 28.8 Å². The van der Waals surface area contributed by atoms with Crippen LogP contribution in [0.15, 0.2) is 42.5 Å². The Morgan fingerprint density at radius 3 is 2.44 bits per heavy atom.